The number of nitrogens with two attached hydrogens (primary N) is 1. The molecule has 0 radical (unpaired) electrons. The van der Waals surface area contributed by atoms with Crippen molar-refractivity contribution in [3.8, 4) is 0 Å². The predicted molar refractivity (Wildman–Crippen MR) is 63.7 cm³/mol. The number of amides is 1. The fourth-order valence-corrected chi connectivity index (χ4v) is 1.90. The predicted octanol–water partition coefficient (Wildman–Crippen LogP) is 0.887. The minimum atomic E-state index is -0.435. The van der Waals surface area contributed by atoms with E-state index in [0.717, 1.165) is 31.6 Å². The second kappa shape index (κ2) is 5.99. The Bertz CT molecular complexity index is 410. The summed E-state index contributed by atoms with van der Waals surface area (Å²) in [6.45, 7) is 3.74. The number of carbonyl (C=O) groups excluding carboxylic acids is 1. The van der Waals surface area contributed by atoms with Crippen molar-refractivity contribution in [1.82, 2.24) is 5.43 Å². The molecule has 0 atom stereocenters. The Morgan fingerprint density at radius 1 is 1.56 bits per heavy atom. The molecule has 1 aromatic heterocycles. The number of hydrogen-bond donors (Lipinski definition) is 2. The Balaban J connectivity index is 1.92. The molecule has 100 valence electrons. The van der Waals surface area contributed by atoms with Crippen LogP contribution in [0.1, 0.15) is 34.7 Å². The molecule has 6 heteroatoms. The highest BCUT2D eigenvalue weighted by atomic mass is 16.5. The van der Waals surface area contributed by atoms with Gasteiger partial charge in [-0.05, 0) is 25.8 Å². The summed E-state index contributed by atoms with van der Waals surface area (Å²) in [6.07, 6.45) is 2.04. The highest BCUT2D eigenvalue weighted by Crippen LogP contribution is 2.18. The summed E-state index contributed by atoms with van der Waals surface area (Å²) >= 11 is 0. The number of hydrazine groups is 1. The summed E-state index contributed by atoms with van der Waals surface area (Å²) in [5, 5.41) is 0. The number of hydrogen-bond acceptors (Lipinski definition) is 5. The fourth-order valence-electron chi connectivity index (χ4n) is 1.90. The fraction of sp³-hybridized carbons (Fsp3) is 0.583. The summed E-state index contributed by atoms with van der Waals surface area (Å²) in [5.41, 5.74) is 2.91. The zero-order chi connectivity index (χ0) is 13.0. The smallest absolute Gasteiger partial charge is 0.300 e. The van der Waals surface area contributed by atoms with E-state index in [9.17, 15) is 4.79 Å². The van der Waals surface area contributed by atoms with Crippen LogP contribution in [0.5, 0.6) is 0 Å². The van der Waals surface area contributed by atoms with E-state index < -0.39 is 5.91 Å². The monoisotopic (exact) mass is 254 g/mol. The molecule has 1 fully saturated rings. The normalized spacial score (nSPS) is 16.8. The Morgan fingerprint density at radius 2 is 2.28 bits per heavy atom. The maximum Gasteiger partial charge on any atom is 0.300 e. The van der Waals surface area contributed by atoms with Gasteiger partial charge in [0.25, 0.3) is 0 Å². The molecule has 3 N–H and O–H groups in total. The Morgan fingerprint density at radius 3 is 2.94 bits per heavy atom. The standard InChI is InChI=1S/C12H18N2O4/c1-8-9(6-11(18-8)12(15)14-13)7-17-10-2-4-16-5-3-10/h6,10H,2-5,7,13H2,1H3,(H,14,15). The van der Waals surface area contributed by atoms with Gasteiger partial charge >= 0.3 is 5.91 Å². The SMILES string of the molecule is Cc1oc(C(=O)NN)cc1COC1CCOCC1. The maximum absolute atomic E-state index is 11.3. The third-order valence-electron chi connectivity index (χ3n) is 3.02. The summed E-state index contributed by atoms with van der Waals surface area (Å²) < 4.78 is 16.3. The summed E-state index contributed by atoms with van der Waals surface area (Å²) in [5.74, 6) is 5.50. The van der Waals surface area contributed by atoms with Crippen LogP contribution in [-0.4, -0.2) is 25.2 Å². The van der Waals surface area contributed by atoms with E-state index in [2.05, 4.69) is 0 Å². The number of furan rings is 1. The van der Waals surface area contributed by atoms with Gasteiger partial charge in [0.1, 0.15) is 5.76 Å². The molecular formula is C12H18N2O4. The van der Waals surface area contributed by atoms with Gasteiger partial charge in [0, 0.05) is 18.8 Å². The third kappa shape index (κ3) is 3.10. The van der Waals surface area contributed by atoms with Gasteiger partial charge in [-0.1, -0.05) is 0 Å². The van der Waals surface area contributed by atoms with E-state index in [1.54, 1.807) is 13.0 Å². The molecule has 1 amide bonds. The molecule has 0 aliphatic carbocycles. The third-order valence-corrected chi connectivity index (χ3v) is 3.02. The van der Waals surface area contributed by atoms with Gasteiger partial charge in [-0.2, -0.15) is 0 Å². The van der Waals surface area contributed by atoms with Crippen LogP contribution in [0.3, 0.4) is 0 Å². The molecule has 18 heavy (non-hydrogen) atoms. The van der Waals surface area contributed by atoms with Crippen LogP contribution in [0, 0.1) is 6.92 Å². The summed E-state index contributed by atoms with van der Waals surface area (Å²) in [6, 6.07) is 1.66. The number of ether oxygens (including phenoxy) is 2. The quantitative estimate of drug-likeness (QED) is 0.473. The van der Waals surface area contributed by atoms with Crippen LogP contribution in [0.4, 0.5) is 0 Å². The van der Waals surface area contributed by atoms with Crippen LogP contribution in [0.15, 0.2) is 10.5 Å². The zero-order valence-electron chi connectivity index (χ0n) is 10.4. The average molecular weight is 254 g/mol. The first-order chi connectivity index (χ1) is 8.70. The number of nitrogens with one attached hydrogen (secondary N) is 1. The Labute approximate surface area is 105 Å². The van der Waals surface area contributed by atoms with Crippen molar-refractivity contribution in [3.63, 3.8) is 0 Å². The number of aryl methyl sites for hydroxylation is 1. The Hall–Kier alpha value is -1.37. The van der Waals surface area contributed by atoms with Crippen molar-refractivity contribution in [2.45, 2.75) is 32.5 Å². The van der Waals surface area contributed by atoms with Crippen LogP contribution in [-0.2, 0) is 16.1 Å². The van der Waals surface area contributed by atoms with E-state index in [-0.39, 0.29) is 11.9 Å². The molecule has 1 aromatic rings. The molecular weight excluding hydrogens is 236 g/mol. The lowest BCUT2D eigenvalue weighted by Crippen LogP contribution is -2.29. The molecule has 1 aliphatic heterocycles. The van der Waals surface area contributed by atoms with Gasteiger partial charge in [-0.25, -0.2) is 5.84 Å². The lowest BCUT2D eigenvalue weighted by molar-refractivity contribution is -0.0393. The van der Waals surface area contributed by atoms with Gasteiger partial charge < -0.3 is 13.9 Å². The first kappa shape index (κ1) is 13.1. The van der Waals surface area contributed by atoms with Crippen LogP contribution >= 0.6 is 0 Å². The highest BCUT2D eigenvalue weighted by Gasteiger charge is 2.17. The van der Waals surface area contributed by atoms with E-state index in [1.807, 2.05) is 5.43 Å². The van der Waals surface area contributed by atoms with Crippen molar-refractivity contribution < 1.29 is 18.7 Å². The molecule has 1 aliphatic rings. The van der Waals surface area contributed by atoms with Gasteiger partial charge in [0.05, 0.1) is 12.7 Å². The number of rotatable bonds is 4. The van der Waals surface area contributed by atoms with E-state index in [0.29, 0.717) is 12.4 Å². The lowest BCUT2D eigenvalue weighted by atomic mass is 10.1. The minimum absolute atomic E-state index is 0.209. The first-order valence-electron chi connectivity index (χ1n) is 6.00. The Kier molecular flexibility index (Phi) is 4.35. The molecule has 6 nitrogen and oxygen atoms in total. The van der Waals surface area contributed by atoms with Crippen molar-refractivity contribution in [2.75, 3.05) is 13.2 Å². The molecule has 2 heterocycles. The van der Waals surface area contributed by atoms with Gasteiger partial charge in [0.15, 0.2) is 5.76 Å². The van der Waals surface area contributed by atoms with E-state index in [1.165, 1.54) is 0 Å². The maximum atomic E-state index is 11.3. The second-order valence-corrected chi connectivity index (χ2v) is 4.29. The van der Waals surface area contributed by atoms with Gasteiger partial charge in [-0.3, -0.25) is 10.2 Å². The molecule has 0 saturated carbocycles. The van der Waals surface area contributed by atoms with Crippen molar-refractivity contribution in [1.29, 1.82) is 0 Å². The van der Waals surface area contributed by atoms with Crippen LogP contribution in [0.2, 0.25) is 0 Å². The molecule has 1 saturated heterocycles. The largest absolute Gasteiger partial charge is 0.456 e. The molecule has 0 unspecified atom stereocenters. The highest BCUT2D eigenvalue weighted by molar-refractivity contribution is 5.91. The average Bonchev–Trinajstić information content (AvgIpc) is 2.78. The first-order valence-corrected chi connectivity index (χ1v) is 6.00. The van der Waals surface area contributed by atoms with Gasteiger partial charge in [-0.15, -0.1) is 0 Å². The number of carbonyl (C=O) groups is 1. The van der Waals surface area contributed by atoms with Crippen molar-refractivity contribution in [3.05, 3.63) is 23.2 Å². The van der Waals surface area contributed by atoms with Crippen LogP contribution in [0.25, 0.3) is 0 Å². The molecule has 0 aromatic carbocycles. The van der Waals surface area contributed by atoms with Crippen molar-refractivity contribution in [2.24, 2.45) is 5.84 Å². The molecule has 2 rings (SSSR count). The topological polar surface area (TPSA) is 86.7 Å². The van der Waals surface area contributed by atoms with E-state index >= 15 is 0 Å². The van der Waals surface area contributed by atoms with E-state index in [4.69, 9.17) is 19.7 Å². The van der Waals surface area contributed by atoms with Crippen LogP contribution < -0.4 is 11.3 Å². The molecule has 0 spiro atoms. The second-order valence-electron chi connectivity index (χ2n) is 4.29. The number of nitrogen functional groups attached to an aromatic ring is 1. The van der Waals surface area contributed by atoms with Crippen molar-refractivity contribution >= 4 is 5.91 Å². The minimum Gasteiger partial charge on any atom is -0.456 e. The van der Waals surface area contributed by atoms with Gasteiger partial charge in [0.2, 0.25) is 0 Å². The zero-order valence-corrected chi connectivity index (χ0v) is 10.4. The summed E-state index contributed by atoms with van der Waals surface area (Å²) in [4.78, 5) is 11.3. The summed E-state index contributed by atoms with van der Waals surface area (Å²) in [7, 11) is 0. The molecule has 0 bridgehead atoms. The lowest BCUT2D eigenvalue weighted by Gasteiger charge is -2.22.